The molecule has 1 aromatic heterocycles. The number of hydrogen-bond donors (Lipinski definition) is 1. The second-order valence-electron chi connectivity index (χ2n) is 5.99. The van der Waals surface area contributed by atoms with Crippen LogP contribution in [0.2, 0.25) is 0 Å². The van der Waals surface area contributed by atoms with Crippen molar-refractivity contribution in [2.45, 2.75) is 39.5 Å². The lowest BCUT2D eigenvalue weighted by Gasteiger charge is -2.16. The highest BCUT2D eigenvalue weighted by molar-refractivity contribution is 7.18. The maximum Gasteiger partial charge on any atom is 0.348 e. The minimum absolute atomic E-state index is 0.139. The molecule has 24 heavy (non-hydrogen) atoms. The number of fused-ring (bicyclic) bond motifs is 1. The van der Waals surface area contributed by atoms with Gasteiger partial charge in [0.1, 0.15) is 4.88 Å². The van der Waals surface area contributed by atoms with Gasteiger partial charge < -0.3 is 10.1 Å². The Bertz CT molecular complexity index is 779. The first-order chi connectivity index (χ1) is 11.6. The van der Waals surface area contributed by atoms with Crippen LogP contribution in [0, 0.1) is 6.92 Å². The van der Waals surface area contributed by atoms with Crippen LogP contribution in [0.15, 0.2) is 24.3 Å². The summed E-state index contributed by atoms with van der Waals surface area (Å²) in [5.41, 5.74) is 4.12. The van der Waals surface area contributed by atoms with E-state index >= 15 is 0 Å². The highest BCUT2D eigenvalue weighted by Crippen LogP contribution is 2.28. The SMILES string of the molecule is CCOC(=O)c1sc(NC(=O)c2ccc3c(c2)CCCC3)cc1C. The van der Waals surface area contributed by atoms with E-state index in [0.717, 1.165) is 18.4 Å². The van der Waals surface area contributed by atoms with Gasteiger partial charge in [-0.25, -0.2) is 4.79 Å². The molecule has 1 amide bonds. The lowest BCUT2D eigenvalue weighted by atomic mass is 9.90. The number of hydrogen-bond acceptors (Lipinski definition) is 4. The van der Waals surface area contributed by atoms with E-state index in [4.69, 9.17) is 4.74 Å². The van der Waals surface area contributed by atoms with Crippen molar-refractivity contribution in [2.24, 2.45) is 0 Å². The molecule has 0 saturated heterocycles. The first kappa shape index (κ1) is 16.7. The van der Waals surface area contributed by atoms with Crippen LogP contribution >= 0.6 is 11.3 Å². The molecule has 0 atom stereocenters. The van der Waals surface area contributed by atoms with Crippen molar-refractivity contribution >= 4 is 28.2 Å². The van der Waals surface area contributed by atoms with E-state index in [1.54, 1.807) is 6.92 Å². The van der Waals surface area contributed by atoms with Gasteiger partial charge in [-0.3, -0.25) is 4.79 Å². The minimum Gasteiger partial charge on any atom is -0.462 e. The van der Waals surface area contributed by atoms with Crippen LogP contribution in [0.1, 0.15) is 56.5 Å². The van der Waals surface area contributed by atoms with Crippen LogP contribution in [-0.2, 0) is 17.6 Å². The molecule has 2 aromatic rings. The van der Waals surface area contributed by atoms with Crippen molar-refractivity contribution in [1.82, 2.24) is 0 Å². The predicted octanol–water partition coefficient (Wildman–Crippen LogP) is 4.36. The number of esters is 1. The molecule has 0 unspecified atom stereocenters. The third-order valence-corrected chi connectivity index (χ3v) is 5.36. The van der Waals surface area contributed by atoms with Crippen molar-refractivity contribution in [2.75, 3.05) is 11.9 Å². The zero-order valence-corrected chi connectivity index (χ0v) is 14.8. The molecular formula is C19H21NO3S. The third-order valence-electron chi connectivity index (χ3n) is 4.23. The molecule has 0 spiro atoms. The van der Waals surface area contributed by atoms with Gasteiger partial charge in [-0.2, -0.15) is 0 Å². The molecule has 1 heterocycles. The number of carbonyl (C=O) groups excluding carboxylic acids is 2. The Morgan fingerprint density at radius 1 is 1.17 bits per heavy atom. The molecule has 1 N–H and O–H groups in total. The number of ether oxygens (including phenoxy) is 1. The minimum atomic E-state index is -0.339. The summed E-state index contributed by atoms with van der Waals surface area (Å²) in [6, 6.07) is 7.75. The standard InChI is InChI=1S/C19H21NO3S/c1-3-23-19(22)17-12(2)10-16(24-17)20-18(21)15-9-8-13-6-4-5-7-14(13)11-15/h8-11H,3-7H2,1-2H3,(H,20,21). The van der Waals surface area contributed by atoms with Crippen molar-refractivity contribution in [3.63, 3.8) is 0 Å². The Labute approximate surface area is 145 Å². The van der Waals surface area contributed by atoms with E-state index in [1.165, 1.54) is 35.3 Å². The van der Waals surface area contributed by atoms with E-state index in [2.05, 4.69) is 11.4 Å². The molecule has 3 rings (SSSR count). The number of amides is 1. The molecule has 4 nitrogen and oxygen atoms in total. The first-order valence-electron chi connectivity index (χ1n) is 8.29. The number of nitrogens with one attached hydrogen (secondary N) is 1. The molecule has 0 fully saturated rings. The summed E-state index contributed by atoms with van der Waals surface area (Å²) < 4.78 is 5.03. The average Bonchev–Trinajstić information content (AvgIpc) is 2.95. The van der Waals surface area contributed by atoms with Gasteiger partial charge in [0.05, 0.1) is 11.6 Å². The number of thiophene rings is 1. The van der Waals surface area contributed by atoms with E-state index < -0.39 is 0 Å². The third kappa shape index (κ3) is 3.51. The lowest BCUT2D eigenvalue weighted by Crippen LogP contribution is -2.12. The molecule has 1 aliphatic carbocycles. The molecule has 5 heteroatoms. The molecule has 0 aliphatic heterocycles. The average molecular weight is 343 g/mol. The first-order valence-corrected chi connectivity index (χ1v) is 9.11. The second-order valence-corrected chi connectivity index (χ2v) is 7.04. The van der Waals surface area contributed by atoms with Crippen molar-refractivity contribution in [3.05, 3.63) is 51.4 Å². The fourth-order valence-corrected chi connectivity index (χ4v) is 3.96. The van der Waals surface area contributed by atoms with Crippen LogP contribution in [0.25, 0.3) is 0 Å². The van der Waals surface area contributed by atoms with Crippen LogP contribution in [0.4, 0.5) is 5.00 Å². The highest BCUT2D eigenvalue weighted by atomic mass is 32.1. The number of rotatable bonds is 4. The summed E-state index contributed by atoms with van der Waals surface area (Å²) in [5.74, 6) is -0.477. The molecular weight excluding hydrogens is 322 g/mol. The van der Waals surface area contributed by atoms with Gasteiger partial charge in [-0.15, -0.1) is 11.3 Å². The van der Waals surface area contributed by atoms with Gasteiger partial charge in [0.15, 0.2) is 0 Å². The summed E-state index contributed by atoms with van der Waals surface area (Å²) >= 11 is 1.25. The van der Waals surface area contributed by atoms with Gasteiger partial charge >= 0.3 is 5.97 Å². The summed E-state index contributed by atoms with van der Waals surface area (Å²) in [6.07, 6.45) is 4.56. The number of aryl methyl sites for hydroxylation is 3. The topological polar surface area (TPSA) is 55.4 Å². The molecule has 0 saturated carbocycles. The van der Waals surface area contributed by atoms with Crippen molar-refractivity contribution in [1.29, 1.82) is 0 Å². The molecule has 0 radical (unpaired) electrons. The van der Waals surface area contributed by atoms with Crippen LogP contribution in [0.3, 0.4) is 0 Å². The Balaban J connectivity index is 1.75. The Kier molecular flexibility index (Phi) is 5.00. The zero-order valence-electron chi connectivity index (χ0n) is 14.0. The molecule has 1 aliphatic rings. The largest absolute Gasteiger partial charge is 0.462 e. The maximum absolute atomic E-state index is 12.5. The lowest BCUT2D eigenvalue weighted by molar-refractivity contribution is 0.0531. The van der Waals surface area contributed by atoms with E-state index in [-0.39, 0.29) is 11.9 Å². The zero-order chi connectivity index (χ0) is 17.1. The monoisotopic (exact) mass is 343 g/mol. The molecule has 0 bridgehead atoms. The van der Waals surface area contributed by atoms with Crippen LogP contribution < -0.4 is 5.32 Å². The van der Waals surface area contributed by atoms with Gasteiger partial charge in [-0.05, 0) is 74.4 Å². The second kappa shape index (κ2) is 7.18. The predicted molar refractivity (Wildman–Crippen MR) is 96.0 cm³/mol. The highest BCUT2D eigenvalue weighted by Gasteiger charge is 2.17. The number of anilines is 1. The number of benzene rings is 1. The summed E-state index contributed by atoms with van der Waals surface area (Å²) in [6.45, 7) is 3.96. The summed E-state index contributed by atoms with van der Waals surface area (Å²) in [4.78, 5) is 24.9. The normalized spacial score (nSPS) is 13.2. The molecule has 126 valence electrons. The van der Waals surface area contributed by atoms with E-state index in [9.17, 15) is 9.59 Å². The summed E-state index contributed by atoms with van der Waals surface area (Å²) in [5, 5.41) is 3.56. The Hall–Kier alpha value is -2.14. The van der Waals surface area contributed by atoms with Crippen LogP contribution in [-0.4, -0.2) is 18.5 Å². The fraction of sp³-hybridized carbons (Fsp3) is 0.368. The Morgan fingerprint density at radius 2 is 1.92 bits per heavy atom. The maximum atomic E-state index is 12.5. The van der Waals surface area contributed by atoms with Crippen molar-refractivity contribution in [3.8, 4) is 0 Å². The smallest absolute Gasteiger partial charge is 0.348 e. The molecule has 1 aromatic carbocycles. The summed E-state index contributed by atoms with van der Waals surface area (Å²) in [7, 11) is 0. The Morgan fingerprint density at radius 3 is 2.67 bits per heavy atom. The van der Waals surface area contributed by atoms with E-state index in [1.807, 2.05) is 25.1 Å². The van der Waals surface area contributed by atoms with Gasteiger partial charge in [0.25, 0.3) is 5.91 Å². The van der Waals surface area contributed by atoms with E-state index in [0.29, 0.717) is 22.0 Å². The van der Waals surface area contributed by atoms with Gasteiger partial charge in [-0.1, -0.05) is 6.07 Å². The van der Waals surface area contributed by atoms with Gasteiger partial charge in [0, 0.05) is 5.56 Å². The van der Waals surface area contributed by atoms with Crippen LogP contribution in [0.5, 0.6) is 0 Å². The quantitative estimate of drug-likeness (QED) is 0.839. The van der Waals surface area contributed by atoms with Gasteiger partial charge in [0.2, 0.25) is 0 Å². The fourth-order valence-electron chi connectivity index (χ4n) is 3.00. The van der Waals surface area contributed by atoms with Crippen molar-refractivity contribution < 1.29 is 14.3 Å². The number of carbonyl (C=O) groups is 2.